The minimum atomic E-state index is -3.73. The summed E-state index contributed by atoms with van der Waals surface area (Å²) in [7, 11) is -0.605. The first kappa shape index (κ1) is 21.8. The highest BCUT2D eigenvalue weighted by Gasteiger charge is 2.19. The van der Waals surface area contributed by atoms with Crippen LogP contribution in [-0.4, -0.2) is 56.5 Å². The lowest BCUT2D eigenvalue weighted by molar-refractivity contribution is 0.0781. The van der Waals surface area contributed by atoms with Gasteiger partial charge in [0, 0.05) is 37.3 Å². The van der Waals surface area contributed by atoms with Gasteiger partial charge in [0.1, 0.15) is 5.82 Å². The Morgan fingerprint density at radius 1 is 1.13 bits per heavy atom. The van der Waals surface area contributed by atoms with Crippen LogP contribution in [0.25, 0.3) is 10.9 Å². The number of aryl methyl sites for hydroxylation is 1. The van der Waals surface area contributed by atoms with Crippen molar-refractivity contribution in [2.75, 3.05) is 27.3 Å². The predicted octanol–water partition coefficient (Wildman–Crippen LogP) is 2.14. The zero-order valence-electron chi connectivity index (χ0n) is 17.1. The number of carbonyl (C=O) groups is 1. The third-order valence-electron chi connectivity index (χ3n) is 4.55. The molecule has 158 valence electrons. The van der Waals surface area contributed by atoms with Gasteiger partial charge in [0.15, 0.2) is 0 Å². The molecular weight excluding hydrogens is 404 g/mol. The maximum Gasteiger partial charge on any atom is 0.254 e. The van der Waals surface area contributed by atoms with Crippen LogP contribution >= 0.6 is 0 Å². The molecule has 0 radical (unpaired) electrons. The van der Waals surface area contributed by atoms with E-state index >= 15 is 0 Å². The van der Waals surface area contributed by atoms with Crippen molar-refractivity contribution in [2.45, 2.75) is 18.4 Å². The summed E-state index contributed by atoms with van der Waals surface area (Å²) in [4.78, 5) is 23.4. The number of nitrogens with one attached hydrogen (secondary N) is 1. The van der Waals surface area contributed by atoms with Crippen LogP contribution in [0.1, 0.15) is 21.9 Å². The molecule has 0 atom stereocenters. The SMILES string of the molecule is COCCNS(=O)(=O)c1cccc(C(=O)N(C)Cc2nc(C)c3ccccc3n2)c1. The van der Waals surface area contributed by atoms with Gasteiger partial charge in [0.2, 0.25) is 10.0 Å². The molecule has 0 saturated carbocycles. The Balaban J connectivity index is 1.78. The first-order chi connectivity index (χ1) is 14.3. The number of sulfonamides is 1. The summed E-state index contributed by atoms with van der Waals surface area (Å²) in [6.45, 7) is 2.51. The average molecular weight is 429 g/mol. The number of hydrogen-bond donors (Lipinski definition) is 1. The van der Waals surface area contributed by atoms with E-state index in [1.165, 1.54) is 24.1 Å². The van der Waals surface area contributed by atoms with Crippen LogP contribution in [0, 0.1) is 6.92 Å². The van der Waals surface area contributed by atoms with Gasteiger partial charge in [-0.25, -0.2) is 23.1 Å². The van der Waals surface area contributed by atoms with Gasteiger partial charge in [-0.15, -0.1) is 0 Å². The van der Waals surface area contributed by atoms with Crippen LogP contribution in [-0.2, 0) is 21.3 Å². The molecule has 3 rings (SSSR count). The lowest BCUT2D eigenvalue weighted by Gasteiger charge is -2.17. The summed E-state index contributed by atoms with van der Waals surface area (Å²) in [5.41, 5.74) is 1.92. The lowest BCUT2D eigenvalue weighted by atomic mass is 10.2. The molecule has 0 aliphatic rings. The van der Waals surface area contributed by atoms with E-state index in [4.69, 9.17) is 4.74 Å². The van der Waals surface area contributed by atoms with Crippen molar-refractivity contribution in [1.29, 1.82) is 0 Å². The molecule has 30 heavy (non-hydrogen) atoms. The summed E-state index contributed by atoms with van der Waals surface area (Å²) in [5, 5.41) is 0.967. The van der Waals surface area contributed by atoms with Crippen molar-refractivity contribution < 1.29 is 17.9 Å². The first-order valence-electron chi connectivity index (χ1n) is 9.38. The highest BCUT2D eigenvalue weighted by Crippen LogP contribution is 2.17. The fraction of sp³-hybridized carbons (Fsp3) is 0.286. The van der Waals surface area contributed by atoms with E-state index in [9.17, 15) is 13.2 Å². The van der Waals surface area contributed by atoms with Crippen molar-refractivity contribution in [1.82, 2.24) is 19.6 Å². The molecule has 0 aliphatic carbocycles. The fourth-order valence-electron chi connectivity index (χ4n) is 3.03. The second-order valence-corrected chi connectivity index (χ2v) is 8.59. The smallest absolute Gasteiger partial charge is 0.254 e. The molecule has 3 aromatic rings. The van der Waals surface area contributed by atoms with Gasteiger partial charge < -0.3 is 9.64 Å². The van der Waals surface area contributed by atoms with Gasteiger partial charge in [0.05, 0.1) is 23.6 Å². The van der Waals surface area contributed by atoms with Gasteiger partial charge in [-0.05, 0) is 31.2 Å². The third-order valence-corrected chi connectivity index (χ3v) is 6.01. The molecule has 8 nitrogen and oxygen atoms in total. The highest BCUT2D eigenvalue weighted by atomic mass is 32.2. The van der Waals surface area contributed by atoms with E-state index in [1.54, 1.807) is 19.2 Å². The van der Waals surface area contributed by atoms with Crippen LogP contribution in [0.3, 0.4) is 0 Å². The Morgan fingerprint density at radius 2 is 1.90 bits per heavy atom. The van der Waals surface area contributed by atoms with Crippen molar-refractivity contribution in [3.8, 4) is 0 Å². The molecule has 0 aliphatic heterocycles. The number of amides is 1. The molecule has 0 bridgehead atoms. The van der Waals surface area contributed by atoms with E-state index in [1.807, 2.05) is 31.2 Å². The Hall–Kier alpha value is -2.88. The largest absolute Gasteiger partial charge is 0.383 e. The zero-order chi connectivity index (χ0) is 21.7. The van der Waals surface area contributed by atoms with Gasteiger partial charge in [-0.1, -0.05) is 24.3 Å². The van der Waals surface area contributed by atoms with E-state index in [2.05, 4.69) is 14.7 Å². The van der Waals surface area contributed by atoms with Crippen LogP contribution < -0.4 is 4.72 Å². The van der Waals surface area contributed by atoms with E-state index in [0.29, 0.717) is 5.82 Å². The summed E-state index contributed by atoms with van der Waals surface area (Å²) in [5.74, 6) is 0.199. The number of methoxy groups -OCH3 is 1. The molecule has 1 aromatic heterocycles. The maximum absolute atomic E-state index is 12.9. The number of fused-ring (bicyclic) bond motifs is 1. The molecular formula is C21H24N4O4S. The first-order valence-corrected chi connectivity index (χ1v) is 10.9. The molecule has 0 spiro atoms. The van der Waals surface area contributed by atoms with Crippen molar-refractivity contribution in [3.63, 3.8) is 0 Å². The number of nitrogens with zero attached hydrogens (tertiary/aromatic N) is 3. The third kappa shape index (κ3) is 4.99. The van der Waals surface area contributed by atoms with Gasteiger partial charge in [0.25, 0.3) is 5.91 Å². The van der Waals surface area contributed by atoms with E-state index < -0.39 is 10.0 Å². The minimum absolute atomic E-state index is 0.0238. The standard InChI is InChI=1S/C21H24N4O4S/c1-15-18-9-4-5-10-19(18)24-20(23-15)14-25(2)21(26)16-7-6-8-17(13-16)30(27,28)22-11-12-29-3/h4-10,13,22H,11-12,14H2,1-3H3. The molecule has 0 unspecified atom stereocenters. The fourth-order valence-corrected chi connectivity index (χ4v) is 4.09. The molecule has 0 saturated heterocycles. The van der Waals surface area contributed by atoms with Gasteiger partial charge in [-0.3, -0.25) is 4.79 Å². The number of aromatic nitrogens is 2. The monoisotopic (exact) mass is 428 g/mol. The Bertz CT molecular complexity index is 1160. The molecule has 2 aromatic carbocycles. The van der Waals surface area contributed by atoms with Gasteiger partial charge in [-0.2, -0.15) is 0 Å². The molecule has 1 amide bonds. The predicted molar refractivity (Wildman–Crippen MR) is 114 cm³/mol. The van der Waals surface area contributed by atoms with Crippen LogP contribution in [0.2, 0.25) is 0 Å². The quantitative estimate of drug-likeness (QED) is 0.552. The summed E-state index contributed by atoms with van der Waals surface area (Å²) in [6, 6.07) is 13.6. The van der Waals surface area contributed by atoms with Gasteiger partial charge >= 0.3 is 0 Å². The Labute approximate surface area is 176 Å². The van der Waals surface area contributed by atoms with Crippen LogP contribution in [0.15, 0.2) is 53.4 Å². The Kier molecular flexibility index (Phi) is 6.76. The normalized spacial score (nSPS) is 11.6. The number of benzene rings is 2. The zero-order valence-corrected chi connectivity index (χ0v) is 17.9. The summed E-state index contributed by atoms with van der Waals surface area (Å²) < 4.78 is 32.1. The summed E-state index contributed by atoms with van der Waals surface area (Å²) in [6.07, 6.45) is 0. The average Bonchev–Trinajstić information content (AvgIpc) is 2.73. The highest BCUT2D eigenvalue weighted by molar-refractivity contribution is 7.89. The maximum atomic E-state index is 12.9. The summed E-state index contributed by atoms with van der Waals surface area (Å²) >= 11 is 0. The number of rotatable bonds is 8. The second-order valence-electron chi connectivity index (χ2n) is 6.82. The van der Waals surface area contributed by atoms with Crippen LogP contribution in [0.5, 0.6) is 0 Å². The number of ether oxygens (including phenoxy) is 1. The van der Waals surface area contributed by atoms with Crippen molar-refractivity contribution in [3.05, 3.63) is 65.6 Å². The van der Waals surface area contributed by atoms with Crippen molar-refractivity contribution >= 4 is 26.8 Å². The second kappa shape index (κ2) is 9.29. The molecule has 9 heteroatoms. The van der Waals surface area contributed by atoms with Crippen molar-refractivity contribution in [2.24, 2.45) is 0 Å². The topological polar surface area (TPSA) is 101 Å². The number of carbonyl (C=O) groups excluding carboxylic acids is 1. The molecule has 0 fully saturated rings. The minimum Gasteiger partial charge on any atom is -0.383 e. The van der Waals surface area contributed by atoms with Crippen LogP contribution in [0.4, 0.5) is 0 Å². The lowest BCUT2D eigenvalue weighted by Crippen LogP contribution is -2.29. The Morgan fingerprint density at radius 3 is 2.67 bits per heavy atom. The molecule has 1 N–H and O–H groups in total. The van der Waals surface area contributed by atoms with E-state index in [-0.39, 0.29) is 36.1 Å². The van der Waals surface area contributed by atoms with E-state index in [0.717, 1.165) is 16.6 Å². The molecule has 1 heterocycles. The number of hydrogen-bond acceptors (Lipinski definition) is 6. The number of para-hydroxylation sites is 1.